The highest BCUT2D eigenvalue weighted by Gasteiger charge is 2.26. The highest BCUT2D eigenvalue weighted by molar-refractivity contribution is 5.82. The molecule has 1 aliphatic rings. The fraction of sp³-hybridized carbons (Fsp3) is 0.562. The molecule has 1 fully saturated rings. The van der Waals surface area contributed by atoms with Gasteiger partial charge in [0, 0.05) is 18.5 Å². The Morgan fingerprint density at radius 2 is 1.78 bits per heavy atom. The van der Waals surface area contributed by atoms with Gasteiger partial charge in [-0.05, 0) is 32.3 Å². The summed E-state index contributed by atoms with van der Waals surface area (Å²) in [5, 5.41) is 0. The van der Waals surface area contributed by atoms with Crippen LogP contribution in [0.15, 0.2) is 30.3 Å². The summed E-state index contributed by atoms with van der Waals surface area (Å²) >= 11 is 0. The van der Waals surface area contributed by atoms with Crippen LogP contribution < -0.4 is 0 Å². The molecule has 1 heterocycles. The van der Waals surface area contributed by atoms with Crippen molar-refractivity contribution < 1.29 is 4.79 Å². The molecule has 1 aromatic rings. The van der Waals surface area contributed by atoms with E-state index in [-0.39, 0.29) is 0 Å². The molecule has 1 aromatic carbocycles. The number of piperidine rings is 1. The van der Waals surface area contributed by atoms with Crippen molar-refractivity contribution in [2.75, 3.05) is 6.54 Å². The predicted octanol–water partition coefficient (Wildman–Crippen LogP) is 3.06. The van der Waals surface area contributed by atoms with Crippen LogP contribution in [0.1, 0.15) is 38.7 Å². The molecule has 2 rings (SSSR count). The molecule has 0 radical (unpaired) electrons. The summed E-state index contributed by atoms with van der Waals surface area (Å²) in [6.45, 7) is 5.09. The number of carbonyl (C=O) groups excluding carboxylic acids is 1. The van der Waals surface area contributed by atoms with Crippen LogP contribution in [0, 0.1) is 0 Å². The molecule has 18 heavy (non-hydrogen) atoms. The maximum absolute atomic E-state index is 12.1. The summed E-state index contributed by atoms with van der Waals surface area (Å²) in [5.41, 5.74) is 1.12. The van der Waals surface area contributed by atoms with E-state index in [4.69, 9.17) is 0 Å². The van der Waals surface area contributed by atoms with Crippen LogP contribution in [0.25, 0.3) is 0 Å². The standard InChI is InChI=1S/C16H23NO/c1-13-7-6-8-14(2)17(13)12-16(18)11-15-9-4-3-5-10-15/h3-5,9-10,13-14H,6-8,11-12H2,1-2H3/t13-,14+. The Hall–Kier alpha value is -1.15. The van der Waals surface area contributed by atoms with Crippen LogP contribution in [-0.2, 0) is 11.2 Å². The quantitative estimate of drug-likeness (QED) is 0.812. The summed E-state index contributed by atoms with van der Waals surface area (Å²) in [6, 6.07) is 11.1. The lowest BCUT2D eigenvalue weighted by atomic mass is 9.96. The molecule has 2 heteroatoms. The molecule has 0 unspecified atom stereocenters. The molecule has 2 nitrogen and oxygen atoms in total. The van der Waals surface area contributed by atoms with E-state index < -0.39 is 0 Å². The third kappa shape index (κ3) is 3.42. The third-order valence-corrected chi connectivity index (χ3v) is 3.98. The van der Waals surface area contributed by atoms with E-state index in [1.165, 1.54) is 19.3 Å². The zero-order valence-corrected chi connectivity index (χ0v) is 11.4. The zero-order valence-electron chi connectivity index (χ0n) is 11.4. The van der Waals surface area contributed by atoms with Gasteiger partial charge < -0.3 is 0 Å². The van der Waals surface area contributed by atoms with E-state index in [2.05, 4.69) is 18.7 Å². The summed E-state index contributed by atoms with van der Waals surface area (Å²) in [7, 11) is 0. The van der Waals surface area contributed by atoms with Crippen LogP contribution >= 0.6 is 0 Å². The van der Waals surface area contributed by atoms with Gasteiger partial charge in [-0.3, -0.25) is 9.69 Å². The van der Waals surface area contributed by atoms with Crippen molar-refractivity contribution in [3.05, 3.63) is 35.9 Å². The van der Waals surface area contributed by atoms with Gasteiger partial charge in [-0.15, -0.1) is 0 Å². The second-order valence-electron chi connectivity index (χ2n) is 5.50. The van der Waals surface area contributed by atoms with E-state index in [9.17, 15) is 4.79 Å². The monoisotopic (exact) mass is 245 g/mol. The molecule has 0 aliphatic carbocycles. The van der Waals surface area contributed by atoms with Gasteiger partial charge in [0.2, 0.25) is 0 Å². The Bertz CT molecular complexity index is 377. The minimum absolute atomic E-state index is 0.335. The summed E-state index contributed by atoms with van der Waals surface area (Å²) in [6.07, 6.45) is 4.31. The van der Waals surface area contributed by atoms with Crippen molar-refractivity contribution in [1.29, 1.82) is 0 Å². The molecule has 1 aliphatic heterocycles. The molecular formula is C16H23NO. The number of rotatable bonds is 4. The summed E-state index contributed by atoms with van der Waals surface area (Å²) in [5.74, 6) is 0.335. The van der Waals surface area contributed by atoms with Gasteiger partial charge in [0.15, 0.2) is 5.78 Å². The van der Waals surface area contributed by atoms with Crippen LogP contribution in [-0.4, -0.2) is 29.3 Å². The number of Topliss-reactive ketones (excluding diaryl/α,β-unsaturated/α-hetero) is 1. The van der Waals surface area contributed by atoms with Gasteiger partial charge in [0.05, 0.1) is 6.54 Å². The molecule has 1 saturated heterocycles. The van der Waals surface area contributed by atoms with Crippen molar-refractivity contribution in [1.82, 2.24) is 4.90 Å². The molecule has 0 amide bonds. The Kier molecular flexibility index (Phi) is 4.54. The first-order chi connectivity index (χ1) is 8.66. The van der Waals surface area contributed by atoms with Crippen LogP contribution in [0.4, 0.5) is 0 Å². The third-order valence-electron chi connectivity index (χ3n) is 3.98. The second-order valence-corrected chi connectivity index (χ2v) is 5.50. The molecule has 0 aromatic heterocycles. The lowest BCUT2D eigenvalue weighted by Gasteiger charge is -2.38. The van der Waals surface area contributed by atoms with Crippen molar-refractivity contribution in [2.24, 2.45) is 0 Å². The zero-order chi connectivity index (χ0) is 13.0. The SMILES string of the molecule is C[C@@H]1CCC[C@H](C)N1CC(=O)Cc1ccccc1. The molecule has 0 bridgehead atoms. The Labute approximate surface area is 110 Å². The molecule has 0 N–H and O–H groups in total. The summed E-state index contributed by atoms with van der Waals surface area (Å²) < 4.78 is 0. The largest absolute Gasteiger partial charge is 0.298 e. The number of nitrogens with zero attached hydrogens (tertiary/aromatic N) is 1. The minimum Gasteiger partial charge on any atom is -0.298 e. The van der Waals surface area contributed by atoms with E-state index in [1.807, 2.05) is 30.3 Å². The smallest absolute Gasteiger partial charge is 0.151 e. The highest BCUT2D eigenvalue weighted by Crippen LogP contribution is 2.22. The van der Waals surface area contributed by atoms with Crippen LogP contribution in [0.5, 0.6) is 0 Å². The van der Waals surface area contributed by atoms with Crippen LogP contribution in [0.3, 0.4) is 0 Å². The molecular weight excluding hydrogens is 222 g/mol. The normalized spacial score (nSPS) is 25.0. The number of hydrogen-bond donors (Lipinski definition) is 0. The van der Waals surface area contributed by atoms with Crippen molar-refractivity contribution in [2.45, 2.75) is 51.6 Å². The fourth-order valence-electron chi connectivity index (χ4n) is 2.87. The Morgan fingerprint density at radius 3 is 2.39 bits per heavy atom. The molecule has 98 valence electrons. The lowest BCUT2D eigenvalue weighted by molar-refractivity contribution is -0.121. The van der Waals surface area contributed by atoms with Gasteiger partial charge in [0.25, 0.3) is 0 Å². The molecule has 0 saturated carbocycles. The van der Waals surface area contributed by atoms with Crippen LogP contribution in [0.2, 0.25) is 0 Å². The predicted molar refractivity (Wildman–Crippen MR) is 74.6 cm³/mol. The Balaban J connectivity index is 1.90. The first kappa shape index (κ1) is 13.3. The first-order valence-corrected chi connectivity index (χ1v) is 6.98. The van der Waals surface area contributed by atoms with Crippen molar-refractivity contribution >= 4 is 5.78 Å². The second kappa shape index (κ2) is 6.14. The van der Waals surface area contributed by atoms with Gasteiger partial charge in [-0.25, -0.2) is 0 Å². The minimum atomic E-state index is 0.335. The van der Waals surface area contributed by atoms with E-state index in [0.29, 0.717) is 30.8 Å². The maximum atomic E-state index is 12.1. The van der Waals surface area contributed by atoms with Gasteiger partial charge in [-0.2, -0.15) is 0 Å². The van der Waals surface area contributed by atoms with E-state index in [0.717, 1.165) is 5.56 Å². The van der Waals surface area contributed by atoms with Crippen molar-refractivity contribution in [3.63, 3.8) is 0 Å². The number of ketones is 1. The number of benzene rings is 1. The van der Waals surface area contributed by atoms with Crippen molar-refractivity contribution in [3.8, 4) is 0 Å². The van der Waals surface area contributed by atoms with Gasteiger partial charge >= 0.3 is 0 Å². The Morgan fingerprint density at radius 1 is 1.17 bits per heavy atom. The first-order valence-electron chi connectivity index (χ1n) is 6.98. The van der Waals surface area contributed by atoms with E-state index in [1.54, 1.807) is 0 Å². The van der Waals surface area contributed by atoms with E-state index >= 15 is 0 Å². The summed E-state index contributed by atoms with van der Waals surface area (Å²) in [4.78, 5) is 14.5. The highest BCUT2D eigenvalue weighted by atomic mass is 16.1. The molecule has 0 spiro atoms. The van der Waals surface area contributed by atoms with Gasteiger partial charge in [0.1, 0.15) is 0 Å². The lowest BCUT2D eigenvalue weighted by Crippen LogP contribution is -2.46. The number of hydrogen-bond acceptors (Lipinski definition) is 2. The molecule has 2 atom stereocenters. The number of carbonyl (C=O) groups is 1. The van der Waals surface area contributed by atoms with Gasteiger partial charge in [-0.1, -0.05) is 36.8 Å². The average Bonchev–Trinajstić information content (AvgIpc) is 2.35. The maximum Gasteiger partial charge on any atom is 0.151 e. The topological polar surface area (TPSA) is 20.3 Å². The average molecular weight is 245 g/mol. The number of likely N-dealkylation sites (tertiary alicyclic amines) is 1. The fourth-order valence-corrected chi connectivity index (χ4v) is 2.87.